The highest BCUT2D eigenvalue weighted by molar-refractivity contribution is 5.74. The van der Waals surface area contributed by atoms with Gasteiger partial charge in [-0.2, -0.15) is 0 Å². The van der Waals surface area contributed by atoms with E-state index in [1.54, 1.807) is 0 Å². The molecule has 2 fully saturated rings. The highest BCUT2D eigenvalue weighted by Gasteiger charge is 2.39. The van der Waals surface area contributed by atoms with Crippen molar-refractivity contribution in [3.63, 3.8) is 0 Å². The van der Waals surface area contributed by atoms with E-state index in [2.05, 4.69) is 10.6 Å². The van der Waals surface area contributed by atoms with Crippen molar-refractivity contribution in [3.05, 3.63) is 35.6 Å². The van der Waals surface area contributed by atoms with Crippen LogP contribution in [-0.4, -0.2) is 30.3 Å². The van der Waals surface area contributed by atoms with Crippen LogP contribution in [0.5, 0.6) is 0 Å². The number of halogens is 1. The minimum Gasteiger partial charge on any atom is -0.391 e. The van der Waals surface area contributed by atoms with Crippen LogP contribution in [0.3, 0.4) is 0 Å². The van der Waals surface area contributed by atoms with Gasteiger partial charge in [0, 0.05) is 18.5 Å². The lowest BCUT2D eigenvalue weighted by atomic mass is 9.64. The standard InChI is InChI=1S/C17H23FN2O2/c18-14-6-4-13(5-7-14)17(8-1-9-17)11-20-16(22)19-10-15(21)12-2-3-12/h4-7,12,15,21H,1-3,8-11H2,(H2,19,20,22)/t15-/m1/s1. The molecular weight excluding hydrogens is 283 g/mol. The molecule has 0 heterocycles. The van der Waals surface area contributed by atoms with Crippen molar-refractivity contribution in [2.24, 2.45) is 5.92 Å². The summed E-state index contributed by atoms with van der Waals surface area (Å²) in [5.74, 6) is 0.121. The van der Waals surface area contributed by atoms with E-state index in [0.29, 0.717) is 19.0 Å². The fourth-order valence-electron chi connectivity index (χ4n) is 3.13. The van der Waals surface area contributed by atoms with Crippen LogP contribution in [-0.2, 0) is 5.41 Å². The van der Waals surface area contributed by atoms with E-state index in [1.807, 2.05) is 12.1 Å². The van der Waals surface area contributed by atoms with Crippen LogP contribution in [0, 0.1) is 11.7 Å². The summed E-state index contributed by atoms with van der Waals surface area (Å²) in [7, 11) is 0. The van der Waals surface area contributed by atoms with Crippen molar-refractivity contribution in [2.75, 3.05) is 13.1 Å². The van der Waals surface area contributed by atoms with Crippen LogP contribution in [0.15, 0.2) is 24.3 Å². The summed E-state index contributed by atoms with van der Waals surface area (Å²) in [4.78, 5) is 11.9. The van der Waals surface area contributed by atoms with Gasteiger partial charge in [-0.1, -0.05) is 18.6 Å². The molecule has 1 atom stereocenters. The largest absolute Gasteiger partial charge is 0.391 e. The molecule has 0 aromatic heterocycles. The van der Waals surface area contributed by atoms with Crippen LogP contribution in [0.4, 0.5) is 9.18 Å². The molecule has 22 heavy (non-hydrogen) atoms. The molecule has 0 saturated heterocycles. The van der Waals surface area contributed by atoms with E-state index in [0.717, 1.165) is 37.7 Å². The average Bonchev–Trinajstić information content (AvgIpc) is 3.30. The predicted octanol–water partition coefficient (Wildman–Crippen LogP) is 2.32. The fourth-order valence-corrected chi connectivity index (χ4v) is 3.13. The van der Waals surface area contributed by atoms with E-state index < -0.39 is 6.10 Å². The zero-order valence-corrected chi connectivity index (χ0v) is 12.6. The maximum atomic E-state index is 13.1. The van der Waals surface area contributed by atoms with Crippen LogP contribution in [0.1, 0.15) is 37.7 Å². The van der Waals surface area contributed by atoms with Gasteiger partial charge < -0.3 is 15.7 Å². The minimum atomic E-state index is -0.430. The van der Waals surface area contributed by atoms with Crippen molar-refractivity contribution in [1.29, 1.82) is 0 Å². The van der Waals surface area contributed by atoms with Gasteiger partial charge in [-0.15, -0.1) is 0 Å². The Morgan fingerprint density at radius 3 is 2.50 bits per heavy atom. The Labute approximate surface area is 130 Å². The van der Waals surface area contributed by atoms with Gasteiger partial charge in [0.2, 0.25) is 0 Å². The molecule has 0 unspecified atom stereocenters. The molecule has 1 aromatic rings. The summed E-state index contributed by atoms with van der Waals surface area (Å²) in [5, 5.41) is 15.4. The fraction of sp³-hybridized carbons (Fsp3) is 0.588. The predicted molar refractivity (Wildman–Crippen MR) is 82.1 cm³/mol. The van der Waals surface area contributed by atoms with Gasteiger partial charge in [0.15, 0.2) is 0 Å². The monoisotopic (exact) mass is 306 g/mol. The SMILES string of the molecule is O=C(NC[C@@H](O)C1CC1)NCC1(c2ccc(F)cc2)CCC1. The molecule has 3 rings (SSSR count). The van der Waals surface area contributed by atoms with Crippen LogP contribution in [0.2, 0.25) is 0 Å². The van der Waals surface area contributed by atoms with Crippen molar-refractivity contribution in [3.8, 4) is 0 Å². The maximum absolute atomic E-state index is 13.1. The maximum Gasteiger partial charge on any atom is 0.314 e. The van der Waals surface area contributed by atoms with Gasteiger partial charge >= 0.3 is 6.03 Å². The number of nitrogens with one attached hydrogen (secondary N) is 2. The highest BCUT2D eigenvalue weighted by atomic mass is 19.1. The third kappa shape index (κ3) is 3.40. The number of hydrogen-bond donors (Lipinski definition) is 3. The Morgan fingerprint density at radius 1 is 1.27 bits per heavy atom. The summed E-state index contributed by atoms with van der Waals surface area (Å²) in [6.07, 6.45) is 4.81. The molecule has 0 bridgehead atoms. The smallest absolute Gasteiger partial charge is 0.314 e. The van der Waals surface area contributed by atoms with Crippen LogP contribution in [0.25, 0.3) is 0 Å². The van der Waals surface area contributed by atoms with Gasteiger partial charge in [-0.05, 0) is 49.3 Å². The molecule has 5 heteroatoms. The number of carbonyl (C=O) groups excluding carboxylic acids is 1. The second-order valence-corrected chi connectivity index (χ2v) is 6.61. The zero-order valence-electron chi connectivity index (χ0n) is 12.6. The molecule has 3 N–H and O–H groups in total. The molecule has 2 aliphatic carbocycles. The second-order valence-electron chi connectivity index (χ2n) is 6.61. The summed E-state index contributed by atoms with van der Waals surface area (Å²) < 4.78 is 13.1. The van der Waals surface area contributed by atoms with Crippen molar-refractivity contribution in [2.45, 2.75) is 43.6 Å². The first-order chi connectivity index (χ1) is 10.6. The number of rotatable bonds is 6. The van der Waals surface area contributed by atoms with Crippen molar-refractivity contribution >= 4 is 6.03 Å². The van der Waals surface area contributed by atoms with Gasteiger partial charge in [0.1, 0.15) is 5.82 Å². The summed E-state index contributed by atoms with van der Waals surface area (Å²) in [5.41, 5.74) is 1.01. The quantitative estimate of drug-likeness (QED) is 0.755. The number of aliphatic hydroxyl groups excluding tert-OH is 1. The molecule has 2 aliphatic rings. The molecule has 0 spiro atoms. The average molecular weight is 306 g/mol. The lowest BCUT2D eigenvalue weighted by Crippen LogP contribution is -2.49. The number of urea groups is 1. The lowest BCUT2D eigenvalue weighted by molar-refractivity contribution is 0.148. The number of benzene rings is 1. The first-order valence-corrected chi connectivity index (χ1v) is 8.05. The Morgan fingerprint density at radius 2 is 1.95 bits per heavy atom. The summed E-state index contributed by atoms with van der Waals surface area (Å²) in [6.45, 7) is 0.851. The van der Waals surface area contributed by atoms with E-state index >= 15 is 0 Å². The molecule has 2 saturated carbocycles. The Balaban J connectivity index is 1.50. The van der Waals surface area contributed by atoms with Gasteiger partial charge in [-0.3, -0.25) is 0 Å². The topological polar surface area (TPSA) is 61.4 Å². The van der Waals surface area contributed by atoms with Crippen molar-refractivity contribution < 1.29 is 14.3 Å². The lowest BCUT2D eigenvalue weighted by Gasteiger charge is -2.42. The zero-order chi connectivity index (χ0) is 15.6. The third-order valence-corrected chi connectivity index (χ3v) is 4.99. The van der Waals surface area contributed by atoms with Gasteiger partial charge in [0.05, 0.1) is 6.10 Å². The Hall–Kier alpha value is -1.62. The molecule has 4 nitrogen and oxygen atoms in total. The highest BCUT2D eigenvalue weighted by Crippen LogP contribution is 2.43. The van der Waals surface area contributed by atoms with Crippen molar-refractivity contribution in [1.82, 2.24) is 10.6 Å². The number of amides is 2. The third-order valence-electron chi connectivity index (χ3n) is 4.99. The number of carbonyl (C=O) groups is 1. The van der Waals surface area contributed by atoms with E-state index in [-0.39, 0.29) is 17.3 Å². The first-order valence-electron chi connectivity index (χ1n) is 8.05. The van der Waals surface area contributed by atoms with Gasteiger partial charge in [0.25, 0.3) is 0 Å². The normalized spacial score (nSPS) is 20.8. The summed E-state index contributed by atoms with van der Waals surface area (Å²) >= 11 is 0. The van der Waals surface area contributed by atoms with E-state index in [4.69, 9.17) is 0 Å². The summed E-state index contributed by atoms with van der Waals surface area (Å²) in [6, 6.07) is 6.33. The van der Waals surface area contributed by atoms with E-state index in [1.165, 1.54) is 12.1 Å². The Bertz CT molecular complexity index is 524. The van der Waals surface area contributed by atoms with E-state index in [9.17, 15) is 14.3 Å². The minimum absolute atomic E-state index is 0.0693. The number of aliphatic hydroxyl groups is 1. The van der Waals surface area contributed by atoms with Gasteiger partial charge in [-0.25, -0.2) is 9.18 Å². The number of hydrogen-bond acceptors (Lipinski definition) is 2. The van der Waals surface area contributed by atoms with Crippen LogP contribution < -0.4 is 10.6 Å². The second kappa shape index (κ2) is 6.24. The van der Waals surface area contributed by atoms with Crippen LogP contribution >= 0.6 is 0 Å². The first kappa shape index (κ1) is 15.3. The molecule has 120 valence electrons. The molecular formula is C17H23FN2O2. The molecule has 0 aliphatic heterocycles. The molecule has 1 aromatic carbocycles. The molecule has 0 radical (unpaired) electrons. The molecule has 2 amide bonds. The Kier molecular flexibility index (Phi) is 4.34.